The molecule has 1 aliphatic rings. The Balaban J connectivity index is 1.87. The van der Waals surface area contributed by atoms with Crippen molar-refractivity contribution < 1.29 is 31.9 Å². The number of Topliss-reactive ketones (excluding diaryl/α,β-unsaturated/α-hetero) is 2. The summed E-state index contributed by atoms with van der Waals surface area (Å²) < 4.78 is 55.8. The van der Waals surface area contributed by atoms with Crippen molar-refractivity contribution in [2.24, 2.45) is 17.6 Å². The Labute approximate surface area is 186 Å². The number of amides is 1. The number of H-pyrrole nitrogens is 1. The Morgan fingerprint density at radius 1 is 1.21 bits per heavy atom. The van der Waals surface area contributed by atoms with Crippen LogP contribution in [0, 0.1) is 17.7 Å². The minimum Gasteiger partial charge on any atom is -0.363 e. The molecule has 0 radical (unpaired) electrons. The number of nitrogens with zero attached hydrogens (tertiary/aromatic N) is 2. The average Bonchev–Trinajstić information content (AvgIpc) is 3.41. The number of aromatic nitrogens is 3. The zero-order chi connectivity index (χ0) is 24.2. The monoisotopic (exact) mass is 469 g/mol. The van der Waals surface area contributed by atoms with E-state index in [2.05, 4.69) is 20.5 Å². The molecule has 2 aromatic rings. The molecule has 1 aliphatic carbocycles. The Bertz CT molecular complexity index is 992. The summed E-state index contributed by atoms with van der Waals surface area (Å²) >= 11 is 0. The van der Waals surface area contributed by atoms with E-state index >= 15 is 0 Å². The van der Waals surface area contributed by atoms with Crippen LogP contribution in [0.15, 0.2) is 30.6 Å². The van der Waals surface area contributed by atoms with Crippen molar-refractivity contribution in [1.82, 2.24) is 20.5 Å². The van der Waals surface area contributed by atoms with Crippen LogP contribution in [0.2, 0.25) is 0 Å². The number of ketones is 2. The molecule has 4 N–H and O–H groups in total. The van der Waals surface area contributed by atoms with E-state index in [-0.39, 0.29) is 24.6 Å². The van der Waals surface area contributed by atoms with E-state index in [1.54, 1.807) is 0 Å². The van der Waals surface area contributed by atoms with Crippen molar-refractivity contribution in [3.05, 3.63) is 47.8 Å². The third-order valence-electron chi connectivity index (χ3n) is 5.54. The molecule has 3 atom stereocenters. The summed E-state index contributed by atoms with van der Waals surface area (Å²) in [5, 5.41) is 8.30. The van der Waals surface area contributed by atoms with Crippen molar-refractivity contribution >= 4 is 17.5 Å². The molecule has 1 fully saturated rings. The maximum atomic E-state index is 14.2. The number of hydrogen-bond donors (Lipinski definition) is 3. The van der Waals surface area contributed by atoms with Gasteiger partial charge < -0.3 is 5.73 Å². The molecule has 0 unspecified atom stereocenters. The zero-order valence-corrected chi connectivity index (χ0v) is 17.4. The van der Waals surface area contributed by atoms with Crippen molar-refractivity contribution in [2.75, 3.05) is 0 Å². The number of nitrogens with two attached hydrogens (primary N) is 1. The Morgan fingerprint density at radius 2 is 1.91 bits per heavy atom. The molecule has 1 saturated carbocycles. The third kappa shape index (κ3) is 6.67. The van der Waals surface area contributed by atoms with Crippen molar-refractivity contribution in [2.45, 2.75) is 50.4 Å². The zero-order valence-electron chi connectivity index (χ0n) is 17.4. The van der Waals surface area contributed by atoms with E-state index in [0.29, 0.717) is 0 Å². The van der Waals surface area contributed by atoms with Crippen molar-refractivity contribution in [3.8, 4) is 0 Å². The standard InChI is InChI=1S/C21H23F4N5O3/c22-14-4-2-1-3-13(14)19(21(23,24)25)29-15(9-17-27-10-28-30-17)16(31)8-12(7-11-5-6-11)18(32)20(26)33/h1-4,10-12,15,19,29H,5-9H2,(H2,26,33)(H,27,28,30)/t12-,15+,19+/m1/s1. The summed E-state index contributed by atoms with van der Waals surface area (Å²) in [4.78, 5) is 40.6. The smallest absolute Gasteiger partial charge is 0.363 e. The number of alkyl halides is 3. The number of hydrogen-bond acceptors (Lipinski definition) is 6. The summed E-state index contributed by atoms with van der Waals surface area (Å²) in [6, 6.07) is 0.379. The molecule has 33 heavy (non-hydrogen) atoms. The summed E-state index contributed by atoms with van der Waals surface area (Å²) in [5.41, 5.74) is 4.42. The lowest BCUT2D eigenvalue weighted by Gasteiger charge is -2.28. The molecule has 1 aromatic carbocycles. The molecule has 1 heterocycles. The van der Waals surface area contributed by atoms with Gasteiger partial charge >= 0.3 is 6.18 Å². The first kappa shape index (κ1) is 24.5. The topological polar surface area (TPSA) is 131 Å². The quantitative estimate of drug-likeness (QED) is 0.323. The SMILES string of the molecule is NC(=O)C(=O)[C@@H](CC(=O)[C@H](Cc1ncn[nH]1)N[C@@H](c1ccccc1F)C(F)(F)F)CC1CC1. The van der Waals surface area contributed by atoms with Crippen LogP contribution in [-0.4, -0.2) is 44.9 Å². The van der Waals surface area contributed by atoms with Crippen LogP contribution in [0.25, 0.3) is 0 Å². The lowest BCUT2D eigenvalue weighted by atomic mass is 9.88. The maximum Gasteiger partial charge on any atom is 0.408 e. The van der Waals surface area contributed by atoms with E-state index in [4.69, 9.17) is 5.73 Å². The van der Waals surface area contributed by atoms with Gasteiger partial charge in [0, 0.05) is 24.3 Å². The molecule has 0 aliphatic heterocycles. The van der Waals surface area contributed by atoms with Gasteiger partial charge in [-0.15, -0.1) is 0 Å². The van der Waals surface area contributed by atoms with Crippen LogP contribution in [0.3, 0.4) is 0 Å². The first-order chi connectivity index (χ1) is 15.6. The first-order valence-corrected chi connectivity index (χ1v) is 10.3. The van der Waals surface area contributed by atoms with Gasteiger partial charge in [-0.05, 0) is 18.4 Å². The molecule has 0 bridgehead atoms. The number of rotatable bonds is 12. The highest BCUT2D eigenvalue weighted by atomic mass is 19.4. The molecule has 12 heteroatoms. The van der Waals surface area contributed by atoms with E-state index in [0.717, 1.165) is 31.3 Å². The fraction of sp³-hybridized carbons (Fsp3) is 0.476. The molecular weight excluding hydrogens is 446 g/mol. The van der Waals surface area contributed by atoms with Gasteiger partial charge in [-0.3, -0.25) is 24.8 Å². The van der Waals surface area contributed by atoms with Crippen LogP contribution in [-0.2, 0) is 20.8 Å². The second kappa shape index (κ2) is 10.2. The van der Waals surface area contributed by atoms with E-state index in [9.17, 15) is 31.9 Å². The molecule has 1 aromatic heterocycles. The minimum atomic E-state index is -4.93. The summed E-state index contributed by atoms with van der Waals surface area (Å²) in [5.74, 6) is -4.73. The van der Waals surface area contributed by atoms with E-state index in [1.165, 1.54) is 12.1 Å². The highest BCUT2D eigenvalue weighted by Crippen LogP contribution is 2.37. The molecule has 1 amide bonds. The van der Waals surface area contributed by atoms with Gasteiger partial charge in [-0.1, -0.05) is 31.0 Å². The number of halogens is 4. The Morgan fingerprint density at radius 3 is 2.45 bits per heavy atom. The largest absolute Gasteiger partial charge is 0.408 e. The fourth-order valence-corrected chi connectivity index (χ4v) is 3.68. The summed E-state index contributed by atoms with van der Waals surface area (Å²) in [6.07, 6.45) is -2.69. The number of carbonyl (C=O) groups excluding carboxylic acids is 3. The Hall–Kier alpha value is -3.15. The van der Waals surface area contributed by atoms with Gasteiger partial charge in [-0.2, -0.15) is 18.3 Å². The normalized spacial score (nSPS) is 16.7. The first-order valence-electron chi connectivity index (χ1n) is 10.3. The second-order valence-electron chi connectivity index (χ2n) is 8.13. The molecule has 8 nitrogen and oxygen atoms in total. The van der Waals surface area contributed by atoms with Crippen LogP contribution in [0.4, 0.5) is 17.6 Å². The average molecular weight is 469 g/mol. The number of carbonyl (C=O) groups is 3. The molecule has 0 spiro atoms. The number of aromatic amines is 1. The van der Waals surface area contributed by atoms with Gasteiger partial charge in [0.05, 0.1) is 6.04 Å². The van der Waals surface area contributed by atoms with Crippen LogP contribution in [0.5, 0.6) is 0 Å². The summed E-state index contributed by atoms with van der Waals surface area (Å²) in [6.45, 7) is 0. The van der Waals surface area contributed by atoms with Crippen molar-refractivity contribution in [1.29, 1.82) is 0 Å². The fourth-order valence-electron chi connectivity index (χ4n) is 3.68. The number of benzene rings is 1. The van der Waals surface area contributed by atoms with E-state index < -0.39 is 59.5 Å². The highest BCUT2D eigenvalue weighted by molar-refractivity contribution is 6.36. The van der Waals surface area contributed by atoms with Gasteiger partial charge in [0.1, 0.15) is 24.0 Å². The molecular formula is C21H23F4N5O3. The van der Waals surface area contributed by atoms with Crippen LogP contribution >= 0.6 is 0 Å². The van der Waals surface area contributed by atoms with Gasteiger partial charge in [0.25, 0.3) is 5.91 Å². The van der Waals surface area contributed by atoms with Crippen LogP contribution in [0.1, 0.15) is 43.1 Å². The predicted octanol–water partition coefficient (Wildman–Crippen LogP) is 2.18. The molecule has 0 saturated heterocycles. The lowest BCUT2D eigenvalue weighted by Crippen LogP contribution is -2.47. The third-order valence-corrected chi connectivity index (χ3v) is 5.54. The van der Waals surface area contributed by atoms with Gasteiger partial charge in [0.15, 0.2) is 5.78 Å². The Kier molecular flexibility index (Phi) is 7.57. The van der Waals surface area contributed by atoms with E-state index in [1.807, 2.05) is 0 Å². The summed E-state index contributed by atoms with van der Waals surface area (Å²) in [7, 11) is 0. The molecule has 178 valence electrons. The van der Waals surface area contributed by atoms with Crippen LogP contribution < -0.4 is 11.1 Å². The van der Waals surface area contributed by atoms with Gasteiger partial charge in [-0.25, -0.2) is 9.37 Å². The predicted molar refractivity (Wildman–Crippen MR) is 107 cm³/mol. The maximum absolute atomic E-state index is 14.2. The molecule has 3 rings (SSSR count). The minimum absolute atomic E-state index is 0.121. The lowest BCUT2D eigenvalue weighted by molar-refractivity contribution is -0.161. The van der Waals surface area contributed by atoms with Crippen molar-refractivity contribution in [3.63, 3.8) is 0 Å². The number of nitrogens with one attached hydrogen (secondary N) is 2. The number of primary amides is 1. The van der Waals surface area contributed by atoms with Gasteiger partial charge in [0.2, 0.25) is 5.78 Å². The second-order valence-corrected chi connectivity index (χ2v) is 8.13. The highest BCUT2D eigenvalue weighted by Gasteiger charge is 2.44.